The molecular weight excluding hydrogens is 176 g/mol. The van der Waals surface area contributed by atoms with Gasteiger partial charge in [0.25, 0.3) is 0 Å². The number of aliphatic hydroxyl groups is 1. The minimum Gasteiger partial charge on any atom is -0.392 e. The molecule has 0 aromatic heterocycles. The van der Waals surface area contributed by atoms with Crippen LogP contribution in [0.15, 0.2) is 0 Å². The molecule has 3 heteroatoms. The first-order valence-electron chi connectivity index (χ1n) is 5.88. The van der Waals surface area contributed by atoms with Crippen LogP contribution in [0.5, 0.6) is 0 Å². The first kappa shape index (κ1) is 10.4. The molecule has 2 aliphatic rings. The molecule has 2 saturated heterocycles. The van der Waals surface area contributed by atoms with Gasteiger partial charge in [-0.2, -0.15) is 0 Å². The average Bonchev–Trinajstić information content (AvgIpc) is 2.54. The standard InChI is InChI=1S/C11H22N2O/c1-9-5-11(14)8-13(6-9)7-10-3-2-4-12-10/h9-12,14H,2-8H2,1H3/t9-,10?,11+/m1/s1. The van der Waals surface area contributed by atoms with E-state index in [1.54, 1.807) is 0 Å². The summed E-state index contributed by atoms with van der Waals surface area (Å²) in [7, 11) is 0. The van der Waals surface area contributed by atoms with Crippen LogP contribution in [0.3, 0.4) is 0 Å². The molecule has 0 saturated carbocycles. The van der Waals surface area contributed by atoms with Gasteiger partial charge in [0.05, 0.1) is 6.10 Å². The number of β-amino-alcohol motifs (C(OH)–C–C–N with tert-alkyl or cyclic N) is 1. The van der Waals surface area contributed by atoms with Crippen molar-refractivity contribution in [1.29, 1.82) is 0 Å². The first-order chi connectivity index (χ1) is 6.74. The van der Waals surface area contributed by atoms with Crippen molar-refractivity contribution in [3.8, 4) is 0 Å². The van der Waals surface area contributed by atoms with Crippen molar-refractivity contribution in [2.75, 3.05) is 26.2 Å². The molecule has 0 aromatic rings. The van der Waals surface area contributed by atoms with Gasteiger partial charge >= 0.3 is 0 Å². The number of nitrogens with zero attached hydrogens (tertiary/aromatic N) is 1. The molecule has 2 fully saturated rings. The maximum Gasteiger partial charge on any atom is 0.0670 e. The summed E-state index contributed by atoms with van der Waals surface area (Å²) >= 11 is 0. The van der Waals surface area contributed by atoms with Gasteiger partial charge in [0.1, 0.15) is 0 Å². The molecule has 0 radical (unpaired) electrons. The Kier molecular flexibility index (Phi) is 3.42. The van der Waals surface area contributed by atoms with Gasteiger partial charge in [-0.25, -0.2) is 0 Å². The number of hydrogen-bond acceptors (Lipinski definition) is 3. The molecule has 2 heterocycles. The molecule has 14 heavy (non-hydrogen) atoms. The zero-order valence-corrected chi connectivity index (χ0v) is 9.08. The monoisotopic (exact) mass is 198 g/mol. The van der Waals surface area contributed by atoms with Crippen LogP contribution < -0.4 is 5.32 Å². The van der Waals surface area contributed by atoms with Crippen LogP contribution in [0.1, 0.15) is 26.2 Å². The summed E-state index contributed by atoms with van der Waals surface area (Å²) in [5.74, 6) is 0.653. The predicted octanol–water partition coefficient (Wildman–Crippen LogP) is 0.441. The second kappa shape index (κ2) is 4.60. The third-order valence-corrected chi connectivity index (χ3v) is 3.35. The maximum absolute atomic E-state index is 9.66. The zero-order chi connectivity index (χ0) is 9.97. The summed E-state index contributed by atoms with van der Waals surface area (Å²) < 4.78 is 0. The van der Waals surface area contributed by atoms with E-state index in [9.17, 15) is 5.11 Å². The van der Waals surface area contributed by atoms with Crippen molar-refractivity contribution in [3.63, 3.8) is 0 Å². The molecule has 82 valence electrons. The zero-order valence-electron chi connectivity index (χ0n) is 9.08. The molecule has 0 bridgehead atoms. The maximum atomic E-state index is 9.66. The van der Waals surface area contributed by atoms with Gasteiger partial charge in [-0.05, 0) is 31.7 Å². The quantitative estimate of drug-likeness (QED) is 0.676. The molecule has 0 amide bonds. The Hall–Kier alpha value is -0.120. The lowest BCUT2D eigenvalue weighted by Gasteiger charge is -2.35. The lowest BCUT2D eigenvalue weighted by Crippen LogP contribution is -2.47. The minimum atomic E-state index is -0.0971. The highest BCUT2D eigenvalue weighted by atomic mass is 16.3. The van der Waals surface area contributed by atoms with E-state index in [1.165, 1.54) is 19.4 Å². The summed E-state index contributed by atoms with van der Waals surface area (Å²) in [5, 5.41) is 13.2. The van der Waals surface area contributed by atoms with Crippen LogP contribution in [-0.2, 0) is 0 Å². The van der Waals surface area contributed by atoms with Crippen molar-refractivity contribution in [1.82, 2.24) is 10.2 Å². The van der Waals surface area contributed by atoms with Crippen molar-refractivity contribution in [2.24, 2.45) is 5.92 Å². The normalized spacial score (nSPS) is 40.3. The number of nitrogens with one attached hydrogen (secondary N) is 1. The Bertz CT molecular complexity index is 170. The largest absolute Gasteiger partial charge is 0.392 e. The molecule has 2 aliphatic heterocycles. The second-order valence-corrected chi connectivity index (χ2v) is 5.01. The van der Waals surface area contributed by atoms with Crippen LogP contribution in [0, 0.1) is 5.92 Å². The summed E-state index contributed by atoms with van der Waals surface area (Å²) in [6.45, 7) is 6.58. The van der Waals surface area contributed by atoms with Gasteiger partial charge in [-0.1, -0.05) is 6.92 Å². The average molecular weight is 198 g/mol. The number of rotatable bonds is 2. The molecule has 1 unspecified atom stereocenters. The second-order valence-electron chi connectivity index (χ2n) is 5.01. The number of piperidine rings is 1. The van der Waals surface area contributed by atoms with E-state index in [-0.39, 0.29) is 6.10 Å². The summed E-state index contributed by atoms with van der Waals surface area (Å²) in [5.41, 5.74) is 0. The third kappa shape index (κ3) is 2.69. The highest BCUT2D eigenvalue weighted by molar-refractivity contribution is 4.82. The van der Waals surface area contributed by atoms with Gasteiger partial charge in [0.15, 0.2) is 0 Å². The van der Waals surface area contributed by atoms with E-state index in [1.807, 2.05) is 0 Å². The van der Waals surface area contributed by atoms with Crippen molar-refractivity contribution < 1.29 is 5.11 Å². The SMILES string of the molecule is C[C@@H]1C[C@H](O)CN(CC2CCCN2)C1. The van der Waals surface area contributed by atoms with Crippen molar-refractivity contribution >= 4 is 0 Å². The Labute approximate surface area is 86.5 Å². The summed E-state index contributed by atoms with van der Waals surface area (Å²) in [4.78, 5) is 2.42. The smallest absolute Gasteiger partial charge is 0.0670 e. The van der Waals surface area contributed by atoms with Gasteiger partial charge in [0, 0.05) is 25.7 Å². The van der Waals surface area contributed by atoms with E-state index in [2.05, 4.69) is 17.1 Å². The van der Waals surface area contributed by atoms with Gasteiger partial charge < -0.3 is 10.4 Å². The van der Waals surface area contributed by atoms with Gasteiger partial charge in [-0.3, -0.25) is 4.90 Å². The molecule has 3 atom stereocenters. The predicted molar refractivity (Wildman–Crippen MR) is 57.3 cm³/mol. The first-order valence-corrected chi connectivity index (χ1v) is 5.88. The molecule has 0 aliphatic carbocycles. The Morgan fingerprint density at radius 1 is 1.43 bits per heavy atom. The van der Waals surface area contributed by atoms with Gasteiger partial charge in [0.2, 0.25) is 0 Å². The van der Waals surface area contributed by atoms with Crippen molar-refractivity contribution in [3.05, 3.63) is 0 Å². The lowest BCUT2D eigenvalue weighted by atomic mass is 9.97. The molecule has 0 spiro atoms. The third-order valence-electron chi connectivity index (χ3n) is 3.35. The highest BCUT2D eigenvalue weighted by Crippen LogP contribution is 2.17. The summed E-state index contributed by atoms with van der Waals surface area (Å²) in [6, 6.07) is 0.674. The molecule has 2 rings (SSSR count). The summed E-state index contributed by atoms with van der Waals surface area (Å²) in [6.07, 6.45) is 3.51. The van der Waals surface area contributed by atoms with E-state index in [0.717, 1.165) is 26.1 Å². The fourth-order valence-electron chi connectivity index (χ4n) is 2.80. The van der Waals surface area contributed by atoms with Gasteiger partial charge in [-0.15, -0.1) is 0 Å². The van der Waals surface area contributed by atoms with Crippen LogP contribution in [-0.4, -0.2) is 48.3 Å². The number of likely N-dealkylation sites (tertiary alicyclic amines) is 1. The lowest BCUT2D eigenvalue weighted by molar-refractivity contribution is 0.0411. The topological polar surface area (TPSA) is 35.5 Å². The van der Waals surface area contributed by atoms with Crippen LogP contribution in [0.4, 0.5) is 0 Å². The van der Waals surface area contributed by atoms with E-state index >= 15 is 0 Å². The fraction of sp³-hybridized carbons (Fsp3) is 1.00. The van der Waals surface area contributed by atoms with E-state index in [0.29, 0.717) is 12.0 Å². The molecule has 2 N–H and O–H groups in total. The van der Waals surface area contributed by atoms with Crippen LogP contribution >= 0.6 is 0 Å². The van der Waals surface area contributed by atoms with Crippen LogP contribution in [0.25, 0.3) is 0 Å². The van der Waals surface area contributed by atoms with E-state index in [4.69, 9.17) is 0 Å². The van der Waals surface area contributed by atoms with E-state index < -0.39 is 0 Å². The van der Waals surface area contributed by atoms with Crippen LogP contribution in [0.2, 0.25) is 0 Å². The Morgan fingerprint density at radius 3 is 2.93 bits per heavy atom. The van der Waals surface area contributed by atoms with Crippen molar-refractivity contribution in [2.45, 2.75) is 38.3 Å². The fourth-order valence-corrected chi connectivity index (χ4v) is 2.80. The Morgan fingerprint density at radius 2 is 2.29 bits per heavy atom. The molecule has 3 nitrogen and oxygen atoms in total. The molecule has 0 aromatic carbocycles. The minimum absolute atomic E-state index is 0.0971. The number of hydrogen-bond donors (Lipinski definition) is 2. The highest BCUT2D eigenvalue weighted by Gasteiger charge is 2.25. The number of aliphatic hydroxyl groups excluding tert-OH is 1. The molecular formula is C11H22N2O. The Balaban J connectivity index is 1.78.